The molecule has 1 N–H and O–H groups in total. The topological polar surface area (TPSA) is 50.7 Å². The summed E-state index contributed by atoms with van der Waals surface area (Å²) >= 11 is 11.8. The molecule has 4 nitrogen and oxygen atoms in total. The molecule has 1 heterocycles. The third-order valence-corrected chi connectivity index (χ3v) is 5.02. The monoisotopic (exact) mass is 508 g/mol. The van der Waals surface area contributed by atoms with Crippen molar-refractivity contribution in [2.24, 2.45) is 5.10 Å². The van der Waals surface area contributed by atoms with E-state index in [4.69, 9.17) is 4.74 Å². The lowest BCUT2D eigenvalue weighted by molar-refractivity contribution is -0.123. The molecule has 0 bridgehead atoms. The lowest BCUT2D eigenvalue weighted by Crippen LogP contribution is -2.24. The van der Waals surface area contributed by atoms with E-state index in [2.05, 4.69) is 58.3 Å². The van der Waals surface area contributed by atoms with Crippen LogP contribution in [0.25, 0.3) is 0 Å². The number of rotatable bonds is 5. The van der Waals surface area contributed by atoms with Gasteiger partial charge in [-0.15, -0.1) is 11.3 Å². The van der Waals surface area contributed by atoms with Crippen LogP contribution in [0.15, 0.2) is 42.8 Å². The highest BCUT2D eigenvalue weighted by Gasteiger charge is 2.10. The molecule has 8 heteroatoms. The summed E-state index contributed by atoms with van der Waals surface area (Å²) in [5.41, 5.74) is 2.43. The Hall–Kier alpha value is -0.700. The first-order chi connectivity index (χ1) is 10.5. The van der Waals surface area contributed by atoms with Crippen LogP contribution in [0.3, 0.4) is 0 Å². The maximum Gasteiger partial charge on any atom is 0.277 e. The van der Waals surface area contributed by atoms with E-state index in [-0.39, 0.29) is 12.5 Å². The van der Waals surface area contributed by atoms with Crippen LogP contribution in [0.1, 0.15) is 9.75 Å². The van der Waals surface area contributed by atoms with Gasteiger partial charge < -0.3 is 4.74 Å². The Bertz CT molecular complexity index is 693. The van der Waals surface area contributed by atoms with Crippen molar-refractivity contribution in [3.05, 3.63) is 47.4 Å². The number of ether oxygens (including phenoxy) is 1. The third-order valence-electron chi connectivity index (χ3n) is 2.45. The van der Waals surface area contributed by atoms with E-state index < -0.39 is 0 Å². The number of aryl methyl sites for hydroxylation is 1. The van der Waals surface area contributed by atoms with Crippen molar-refractivity contribution < 1.29 is 9.53 Å². The molecule has 2 rings (SSSR count). The number of thiophene rings is 1. The predicted octanol–water partition coefficient (Wildman–Crippen LogP) is 4.87. The van der Waals surface area contributed by atoms with Gasteiger partial charge in [0, 0.05) is 14.2 Å². The molecule has 0 radical (unpaired) electrons. The number of carbonyl (C=O) groups is 1. The van der Waals surface area contributed by atoms with E-state index in [0.717, 1.165) is 18.3 Å². The molecule has 0 atom stereocenters. The van der Waals surface area contributed by atoms with Gasteiger partial charge in [0.05, 0.1) is 15.2 Å². The fourth-order valence-corrected chi connectivity index (χ4v) is 4.76. The molecule has 1 amide bonds. The van der Waals surface area contributed by atoms with Crippen molar-refractivity contribution in [2.75, 3.05) is 6.61 Å². The predicted molar refractivity (Wildman–Crippen MR) is 99.8 cm³/mol. The summed E-state index contributed by atoms with van der Waals surface area (Å²) in [5.74, 6) is 0.238. The number of carbonyl (C=O) groups excluding carboxylic acids is 1. The maximum absolute atomic E-state index is 11.7. The summed E-state index contributed by atoms with van der Waals surface area (Å²) in [7, 11) is 0. The van der Waals surface area contributed by atoms with E-state index >= 15 is 0 Å². The highest BCUT2D eigenvalue weighted by molar-refractivity contribution is 9.11. The molecule has 116 valence electrons. The minimum atomic E-state index is -0.328. The van der Waals surface area contributed by atoms with E-state index in [1.165, 1.54) is 4.88 Å². The first-order valence-corrected chi connectivity index (χ1v) is 9.31. The Morgan fingerprint density at radius 3 is 2.59 bits per heavy atom. The molecule has 0 unspecified atom stereocenters. The highest BCUT2D eigenvalue weighted by Crippen LogP contribution is 2.36. The maximum atomic E-state index is 11.7. The van der Waals surface area contributed by atoms with E-state index in [1.807, 2.05) is 31.2 Å². The van der Waals surface area contributed by atoms with E-state index in [9.17, 15) is 4.79 Å². The van der Waals surface area contributed by atoms with Gasteiger partial charge in [0.1, 0.15) is 5.75 Å². The molecular formula is C14H11Br3N2O2S. The second kappa shape index (κ2) is 8.24. The molecule has 0 fully saturated rings. The first kappa shape index (κ1) is 17.7. The Kier molecular flexibility index (Phi) is 6.61. The van der Waals surface area contributed by atoms with Crippen molar-refractivity contribution in [2.45, 2.75) is 6.92 Å². The average Bonchev–Trinajstić information content (AvgIpc) is 2.83. The zero-order valence-electron chi connectivity index (χ0n) is 11.4. The summed E-state index contributed by atoms with van der Waals surface area (Å²) < 4.78 is 7.89. The van der Waals surface area contributed by atoms with Crippen molar-refractivity contribution >= 4 is 71.2 Å². The van der Waals surface area contributed by atoms with E-state index in [0.29, 0.717) is 5.75 Å². The van der Waals surface area contributed by atoms with Crippen molar-refractivity contribution in [3.8, 4) is 5.75 Å². The van der Waals surface area contributed by atoms with Gasteiger partial charge in [0.25, 0.3) is 5.91 Å². The molecule has 0 saturated heterocycles. The van der Waals surface area contributed by atoms with Crippen LogP contribution in [-0.2, 0) is 4.79 Å². The lowest BCUT2D eigenvalue weighted by atomic mass is 10.3. The summed E-state index contributed by atoms with van der Waals surface area (Å²) in [6, 6.07) is 7.63. The average molecular weight is 511 g/mol. The summed E-state index contributed by atoms with van der Waals surface area (Å²) in [4.78, 5) is 13.9. The fraction of sp³-hybridized carbons (Fsp3) is 0.143. The first-order valence-electron chi connectivity index (χ1n) is 6.11. The Morgan fingerprint density at radius 1 is 1.32 bits per heavy atom. The van der Waals surface area contributed by atoms with Gasteiger partial charge in [-0.05, 0) is 63.0 Å². The van der Waals surface area contributed by atoms with Gasteiger partial charge in [-0.25, -0.2) is 5.43 Å². The number of hydrazone groups is 1. The molecule has 1 aromatic carbocycles. The van der Waals surface area contributed by atoms with Crippen molar-refractivity contribution in [1.29, 1.82) is 0 Å². The number of benzene rings is 1. The Labute approximate surface area is 157 Å². The lowest BCUT2D eigenvalue weighted by Gasteiger charge is -2.09. The zero-order valence-corrected chi connectivity index (χ0v) is 17.0. The smallest absolute Gasteiger partial charge is 0.277 e. The molecule has 0 aliphatic heterocycles. The van der Waals surface area contributed by atoms with Gasteiger partial charge in [-0.3, -0.25) is 4.79 Å². The summed E-state index contributed by atoms with van der Waals surface area (Å²) in [5, 5.41) is 3.90. The van der Waals surface area contributed by atoms with Gasteiger partial charge in [-0.1, -0.05) is 15.9 Å². The molecule has 0 saturated carbocycles. The molecule has 1 aromatic heterocycles. The quantitative estimate of drug-likeness (QED) is 0.461. The zero-order chi connectivity index (χ0) is 16.1. The number of nitrogens with one attached hydrogen (secondary N) is 1. The number of halogens is 3. The second-order valence-corrected chi connectivity index (χ2v) is 8.17. The van der Waals surface area contributed by atoms with Gasteiger partial charge in [0.2, 0.25) is 0 Å². The number of nitrogens with zero attached hydrogens (tertiary/aromatic N) is 1. The van der Waals surface area contributed by atoms with Crippen LogP contribution in [0, 0.1) is 6.92 Å². The molecule has 22 heavy (non-hydrogen) atoms. The van der Waals surface area contributed by atoms with Crippen LogP contribution in [-0.4, -0.2) is 18.7 Å². The third kappa shape index (κ3) is 5.19. The standard InChI is InChI=1S/C14H11Br3N2O2S/c1-8-2-3-10(22-8)6-18-19-13(20)7-21-14-11(16)4-9(15)5-12(14)17/h2-6H,7H2,1H3,(H,19,20)/b18-6-. The Morgan fingerprint density at radius 2 is 2.00 bits per heavy atom. The number of amides is 1. The number of hydrogen-bond donors (Lipinski definition) is 1. The van der Waals surface area contributed by atoms with Crippen LogP contribution in [0.2, 0.25) is 0 Å². The largest absolute Gasteiger partial charge is 0.481 e. The SMILES string of the molecule is Cc1ccc(/C=N\NC(=O)COc2c(Br)cc(Br)cc2Br)s1. The van der Waals surface area contributed by atoms with E-state index in [1.54, 1.807) is 17.6 Å². The van der Waals surface area contributed by atoms with Crippen LogP contribution in [0.5, 0.6) is 5.75 Å². The van der Waals surface area contributed by atoms with Crippen molar-refractivity contribution in [3.63, 3.8) is 0 Å². The van der Waals surface area contributed by atoms with Gasteiger partial charge >= 0.3 is 0 Å². The molecule has 0 spiro atoms. The Balaban J connectivity index is 1.87. The van der Waals surface area contributed by atoms with Gasteiger partial charge in [-0.2, -0.15) is 5.10 Å². The molecular weight excluding hydrogens is 500 g/mol. The van der Waals surface area contributed by atoms with Gasteiger partial charge in [0.15, 0.2) is 6.61 Å². The fourth-order valence-electron chi connectivity index (χ4n) is 1.53. The van der Waals surface area contributed by atoms with Crippen LogP contribution < -0.4 is 10.2 Å². The molecule has 2 aromatic rings. The van der Waals surface area contributed by atoms with Crippen molar-refractivity contribution in [1.82, 2.24) is 5.43 Å². The normalized spacial score (nSPS) is 10.9. The second-order valence-electron chi connectivity index (χ2n) is 4.23. The van der Waals surface area contributed by atoms with Crippen LogP contribution in [0.4, 0.5) is 0 Å². The molecule has 0 aliphatic carbocycles. The number of hydrogen-bond acceptors (Lipinski definition) is 4. The van der Waals surface area contributed by atoms with Crippen LogP contribution >= 0.6 is 59.1 Å². The summed E-state index contributed by atoms with van der Waals surface area (Å²) in [6.45, 7) is 1.89. The molecule has 0 aliphatic rings. The minimum absolute atomic E-state index is 0.125. The minimum Gasteiger partial charge on any atom is -0.481 e. The summed E-state index contributed by atoms with van der Waals surface area (Å²) in [6.07, 6.45) is 1.61. The highest BCUT2D eigenvalue weighted by atomic mass is 79.9.